The molecule has 0 bridgehead atoms. The molecule has 0 aromatic heterocycles. The van der Waals surface area contributed by atoms with Gasteiger partial charge in [-0.3, -0.25) is 9.59 Å². The molecule has 24 heavy (non-hydrogen) atoms. The van der Waals surface area contributed by atoms with E-state index in [1.54, 1.807) is 24.3 Å². The summed E-state index contributed by atoms with van der Waals surface area (Å²) in [4.78, 5) is 27.3. The smallest absolute Gasteiger partial charge is 0.265 e. The van der Waals surface area contributed by atoms with Gasteiger partial charge < -0.3 is 4.90 Å². The van der Waals surface area contributed by atoms with Crippen LogP contribution < -0.4 is 4.90 Å². The fraction of sp³-hybridized carbons (Fsp3) is 0.300. The first-order valence-corrected chi connectivity index (χ1v) is 8.32. The van der Waals surface area contributed by atoms with Gasteiger partial charge in [-0.15, -0.1) is 0 Å². The summed E-state index contributed by atoms with van der Waals surface area (Å²) in [5.74, 6) is 0.137. The predicted octanol–water partition coefficient (Wildman–Crippen LogP) is 2.08. The Labute approximate surface area is 142 Å². The van der Waals surface area contributed by atoms with Gasteiger partial charge >= 0.3 is 0 Å². The van der Waals surface area contributed by atoms with Crippen LogP contribution in [-0.2, 0) is 6.54 Å². The molecule has 1 unspecified atom stereocenters. The van der Waals surface area contributed by atoms with Crippen LogP contribution in [0.3, 0.4) is 0 Å². The maximum atomic E-state index is 12.4. The van der Waals surface area contributed by atoms with Crippen molar-refractivity contribution in [3.8, 4) is 0 Å². The van der Waals surface area contributed by atoms with Gasteiger partial charge in [0.2, 0.25) is 0 Å². The molecule has 1 N–H and O–H groups in total. The third-order valence-corrected chi connectivity index (χ3v) is 4.46. The van der Waals surface area contributed by atoms with E-state index in [1.807, 2.05) is 7.05 Å². The maximum absolute atomic E-state index is 12.4. The Morgan fingerprint density at radius 1 is 0.917 bits per heavy atom. The van der Waals surface area contributed by atoms with E-state index in [2.05, 4.69) is 38.1 Å². The van der Waals surface area contributed by atoms with Crippen LogP contribution in [0.4, 0.5) is 0 Å². The molecule has 4 nitrogen and oxygen atoms in total. The Bertz CT molecular complexity index is 730. The van der Waals surface area contributed by atoms with Crippen molar-refractivity contribution in [2.24, 2.45) is 0 Å². The Balaban J connectivity index is 1.66. The summed E-state index contributed by atoms with van der Waals surface area (Å²) in [6.45, 7) is 5.49. The molecular formula is C20H23N2O2+. The number of nitrogens with zero attached hydrogens (tertiary/aromatic N) is 1. The summed E-state index contributed by atoms with van der Waals surface area (Å²) in [6.07, 6.45) is 0. The molecule has 124 valence electrons. The molecule has 2 aromatic rings. The minimum Gasteiger partial charge on any atom is -0.316 e. The average Bonchev–Trinajstić information content (AvgIpc) is 2.81. The molecule has 0 saturated carbocycles. The number of imide groups is 1. The first kappa shape index (κ1) is 16.4. The minimum absolute atomic E-state index is 0.190. The number of nitrogens with one attached hydrogen (secondary N) is 1. The van der Waals surface area contributed by atoms with Crippen LogP contribution in [0.25, 0.3) is 0 Å². The van der Waals surface area contributed by atoms with E-state index in [4.69, 9.17) is 0 Å². The molecule has 1 heterocycles. The second-order valence-corrected chi connectivity index (χ2v) is 6.77. The maximum Gasteiger partial charge on any atom is 0.265 e. The zero-order valence-corrected chi connectivity index (χ0v) is 14.4. The van der Waals surface area contributed by atoms with Crippen LogP contribution in [0, 0.1) is 0 Å². The van der Waals surface area contributed by atoms with E-state index in [9.17, 15) is 9.59 Å². The van der Waals surface area contributed by atoms with Crippen molar-refractivity contribution in [3.05, 3.63) is 70.8 Å². The lowest BCUT2D eigenvalue weighted by atomic mass is 10.0. The molecular weight excluding hydrogens is 300 g/mol. The number of amides is 2. The van der Waals surface area contributed by atoms with Gasteiger partial charge in [-0.2, -0.15) is 0 Å². The summed E-state index contributed by atoms with van der Waals surface area (Å²) in [6, 6.07) is 15.6. The SMILES string of the molecule is CC(C)c1ccc(C[NH+](C)CN2C(=O)c3ccccc3C2=O)cc1. The first-order valence-electron chi connectivity index (χ1n) is 8.32. The molecule has 2 aromatic carbocycles. The lowest BCUT2D eigenvalue weighted by Crippen LogP contribution is -3.09. The topological polar surface area (TPSA) is 41.8 Å². The number of carbonyl (C=O) groups is 2. The monoisotopic (exact) mass is 323 g/mol. The Hall–Kier alpha value is -2.46. The Kier molecular flexibility index (Phi) is 4.49. The normalized spacial score (nSPS) is 15.1. The average molecular weight is 323 g/mol. The zero-order chi connectivity index (χ0) is 17.3. The van der Waals surface area contributed by atoms with E-state index in [1.165, 1.54) is 16.0 Å². The van der Waals surface area contributed by atoms with Gasteiger partial charge in [0.1, 0.15) is 6.54 Å². The van der Waals surface area contributed by atoms with Gasteiger partial charge in [0.15, 0.2) is 6.67 Å². The van der Waals surface area contributed by atoms with Crippen molar-refractivity contribution in [2.75, 3.05) is 13.7 Å². The van der Waals surface area contributed by atoms with E-state index in [0.29, 0.717) is 23.7 Å². The number of rotatable bonds is 5. The van der Waals surface area contributed by atoms with Crippen molar-refractivity contribution in [1.82, 2.24) is 4.90 Å². The highest BCUT2D eigenvalue weighted by atomic mass is 16.2. The van der Waals surface area contributed by atoms with Crippen LogP contribution in [0.15, 0.2) is 48.5 Å². The van der Waals surface area contributed by atoms with Crippen molar-refractivity contribution in [1.29, 1.82) is 0 Å². The fourth-order valence-electron chi connectivity index (χ4n) is 3.08. The molecule has 0 aliphatic carbocycles. The summed E-state index contributed by atoms with van der Waals surface area (Å²) >= 11 is 0. The van der Waals surface area contributed by atoms with Crippen molar-refractivity contribution < 1.29 is 14.5 Å². The highest BCUT2D eigenvalue weighted by molar-refractivity contribution is 6.21. The molecule has 0 spiro atoms. The third-order valence-electron chi connectivity index (χ3n) is 4.46. The number of carbonyl (C=O) groups excluding carboxylic acids is 2. The van der Waals surface area contributed by atoms with Crippen molar-refractivity contribution in [2.45, 2.75) is 26.3 Å². The first-order chi connectivity index (χ1) is 11.5. The van der Waals surface area contributed by atoms with Gasteiger partial charge in [0, 0.05) is 5.56 Å². The molecule has 1 aliphatic heterocycles. The van der Waals surface area contributed by atoms with Crippen LogP contribution >= 0.6 is 0 Å². The highest BCUT2D eigenvalue weighted by Gasteiger charge is 2.36. The molecule has 0 fully saturated rings. The quantitative estimate of drug-likeness (QED) is 0.856. The number of benzene rings is 2. The number of hydrogen-bond acceptors (Lipinski definition) is 2. The largest absolute Gasteiger partial charge is 0.316 e. The summed E-state index contributed by atoms with van der Waals surface area (Å²) in [5, 5.41) is 0. The second-order valence-electron chi connectivity index (χ2n) is 6.77. The Morgan fingerprint density at radius 2 is 1.46 bits per heavy atom. The summed E-state index contributed by atoms with van der Waals surface area (Å²) in [7, 11) is 2.00. The summed E-state index contributed by atoms with van der Waals surface area (Å²) in [5.41, 5.74) is 3.54. The van der Waals surface area contributed by atoms with Crippen LogP contribution in [-0.4, -0.2) is 30.4 Å². The number of fused-ring (bicyclic) bond motifs is 1. The molecule has 2 amide bonds. The molecule has 1 atom stereocenters. The molecule has 3 rings (SSSR count). The van der Waals surface area contributed by atoms with Gasteiger partial charge in [0.25, 0.3) is 11.8 Å². The summed E-state index contributed by atoms with van der Waals surface area (Å²) < 4.78 is 0. The van der Waals surface area contributed by atoms with Gasteiger partial charge in [-0.25, -0.2) is 4.90 Å². The molecule has 0 radical (unpaired) electrons. The fourth-order valence-corrected chi connectivity index (χ4v) is 3.08. The standard InChI is InChI=1S/C20H22N2O2/c1-14(2)16-10-8-15(9-11-16)12-21(3)13-22-19(23)17-6-4-5-7-18(17)20(22)24/h4-11,14H,12-13H2,1-3H3/p+1. The van der Waals surface area contributed by atoms with Crippen molar-refractivity contribution in [3.63, 3.8) is 0 Å². The van der Waals surface area contributed by atoms with Crippen LogP contribution in [0.5, 0.6) is 0 Å². The Morgan fingerprint density at radius 3 is 1.96 bits per heavy atom. The highest BCUT2D eigenvalue weighted by Crippen LogP contribution is 2.21. The van der Waals surface area contributed by atoms with E-state index >= 15 is 0 Å². The van der Waals surface area contributed by atoms with Gasteiger partial charge in [0.05, 0.1) is 18.2 Å². The van der Waals surface area contributed by atoms with Gasteiger partial charge in [-0.1, -0.05) is 50.2 Å². The second kappa shape index (κ2) is 6.57. The minimum atomic E-state index is -0.190. The number of hydrogen-bond donors (Lipinski definition) is 1. The lowest BCUT2D eigenvalue weighted by molar-refractivity contribution is -0.901. The van der Waals surface area contributed by atoms with E-state index in [-0.39, 0.29) is 11.8 Å². The van der Waals surface area contributed by atoms with Crippen LogP contribution in [0.2, 0.25) is 0 Å². The number of quaternary nitrogens is 1. The van der Waals surface area contributed by atoms with Crippen LogP contribution in [0.1, 0.15) is 51.6 Å². The van der Waals surface area contributed by atoms with Gasteiger partial charge in [-0.05, 0) is 23.6 Å². The zero-order valence-electron chi connectivity index (χ0n) is 14.4. The predicted molar refractivity (Wildman–Crippen MR) is 92.9 cm³/mol. The molecule has 1 aliphatic rings. The third kappa shape index (κ3) is 3.10. The molecule has 4 heteroatoms. The van der Waals surface area contributed by atoms with E-state index < -0.39 is 0 Å². The van der Waals surface area contributed by atoms with E-state index in [0.717, 1.165) is 11.4 Å². The van der Waals surface area contributed by atoms with Crippen molar-refractivity contribution >= 4 is 11.8 Å². The lowest BCUT2D eigenvalue weighted by Gasteiger charge is -2.20. The molecule has 0 saturated heterocycles.